The monoisotopic (exact) mass is 480 g/mol. The number of rotatable bonds is 4. The summed E-state index contributed by atoms with van der Waals surface area (Å²) in [5.74, 6) is -1.90. The standard InChI is InChI=1S/C25H35ClF2N4O/c26-19-12-17(13-20(29)14-19)15-32-10-6-21(7-11-32)30-22-25(33,18-4-2-1-3-5-18)23(31-22)8-9-24(27,28)16-23/h1-2,13-14,17-18,21,33H,3-12,15-16,29H2,(H,30,31)/t17?,18?,23-,25+/m0/s1. The van der Waals surface area contributed by atoms with Gasteiger partial charge in [-0.3, -0.25) is 4.99 Å². The zero-order valence-corrected chi connectivity index (χ0v) is 19.8. The Morgan fingerprint density at radius 2 is 2.00 bits per heavy atom. The molecule has 3 aliphatic carbocycles. The highest BCUT2D eigenvalue weighted by molar-refractivity contribution is 6.29. The van der Waals surface area contributed by atoms with Crippen molar-refractivity contribution in [2.24, 2.45) is 22.6 Å². The molecule has 0 aromatic heterocycles. The number of alkyl halides is 2. The van der Waals surface area contributed by atoms with Crippen molar-refractivity contribution in [2.45, 2.75) is 80.9 Å². The minimum Gasteiger partial charge on any atom is -0.399 e. The van der Waals surface area contributed by atoms with Crippen LogP contribution in [-0.4, -0.2) is 58.6 Å². The van der Waals surface area contributed by atoms with Gasteiger partial charge in [0.05, 0.1) is 11.6 Å². The molecule has 3 fully saturated rings. The first-order valence-corrected chi connectivity index (χ1v) is 12.7. The molecule has 0 aromatic rings. The lowest BCUT2D eigenvalue weighted by atomic mass is 9.60. The second kappa shape index (κ2) is 8.65. The van der Waals surface area contributed by atoms with E-state index in [-0.39, 0.29) is 24.8 Å². The largest absolute Gasteiger partial charge is 0.399 e. The molecule has 4 N–H and O–H groups in total. The first-order valence-electron chi connectivity index (χ1n) is 12.4. The van der Waals surface area contributed by atoms with E-state index < -0.39 is 17.1 Å². The average Bonchev–Trinajstić information content (AvgIpc) is 3.11. The molecule has 0 radical (unpaired) electrons. The number of nitrogens with two attached hydrogens (primary N) is 1. The van der Waals surface area contributed by atoms with Crippen LogP contribution in [0.2, 0.25) is 0 Å². The van der Waals surface area contributed by atoms with E-state index >= 15 is 0 Å². The first-order chi connectivity index (χ1) is 15.7. The molecule has 5 rings (SSSR count). The molecule has 182 valence electrons. The molecular weight excluding hydrogens is 446 g/mol. The summed E-state index contributed by atoms with van der Waals surface area (Å²) in [4.78, 5) is 7.36. The topological polar surface area (TPSA) is 73.9 Å². The third-order valence-electron chi connectivity index (χ3n) is 8.36. The van der Waals surface area contributed by atoms with Crippen LogP contribution >= 0.6 is 11.6 Å². The van der Waals surface area contributed by atoms with Crippen molar-refractivity contribution in [3.05, 3.63) is 35.0 Å². The third-order valence-corrected chi connectivity index (χ3v) is 8.62. The zero-order valence-electron chi connectivity index (χ0n) is 19.1. The quantitative estimate of drug-likeness (QED) is 0.530. The van der Waals surface area contributed by atoms with Crippen molar-refractivity contribution in [2.75, 3.05) is 19.6 Å². The van der Waals surface area contributed by atoms with E-state index in [0.29, 0.717) is 18.2 Å². The molecule has 33 heavy (non-hydrogen) atoms. The van der Waals surface area contributed by atoms with E-state index in [2.05, 4.69) is 28.4 Å². The van der Waals surface area contributed by atoms with E-state index in [0.717, 1.165) is 68.9 Å². The van der Waals surface area contributed by atoms with Crippen LogP contribution in [0.15, 0.2) is 40.0 Å². The fourth-order valence-electron chi connectivity index (χ4n) is 6.65. The number of piperidine rings is 1. The summed E-state index contributed by atoms with van der Waals surface area (Å²) in [5, 5.41) is 16.0. The number of hydrogen-bond acceptors (Lipinski definition) is 4. The van der Waals surface area contributed by atoms with E-state index in [9.17, 15) is 13.9 Å². The predicted octanol–water partition coefficient (Wildman–Crippen LogP) is 4.08. The molecule has 1 spiro atoms. The van der Waals surface area contributed by atoms with Crippen molar-refractivity contribution in [3.8, 4) is 0 Å². The minimum absolute atomic E-state index is 0.0576. The molecule has 2 saturated heterocycles. The molecule has 2 heterocycles. The fourth-order valence-corrected chi connectivity index (χ4v) is 6.97. The highest BCUT2D eigenvalue weighted by Gasteiger charge is 2.71. The Morgan fingerprint density at radius 1 is 1.21 bits per heavy atom. The van der Waals surface area contributed by atoms with Crippen LogP contribution in [0.3, 0.4) is 0 Å². The summed E-state index contributed by atoms with van der Waals surface area (Å²) < 4.78 is 28.4. The Balaban J connectivity index is 1.25. The van der Waals surface area contributed by atoms with Gasteiger partial charge >= 0.3 is 0 Å². The van der Waals surface area contributed by atoms with Gasteiger partial charge in [0, 0.05) is 49.1 Å². The Labute approximate surface area is 199 Å². The molecule has 4 atom stereocenters. The number of amidine groups is 1. The van der Waals surface area contributed by atoms with Crippen LogP contribution in [0, 0.1) is 11.8 Å². The lowest BCUT2D eigenvalue weighted by Gasteiger charge is -2.60. The summed E-state index contributed by atoms with van der Waals surface area (Å²) in [7, 11) is 0. The summed E-state index contributed by atoms with van der Waals surface area (Å²) in [6.45, 7) is 2.75. The van der Waals surface area contributed by atoms with Gasteiger partial charge in [-0.15, -0.1) is 0 Å². The van der Waals surface area contributed by atoms with Gasteiger partial charge in [-0.25, -0.2) is 8.78 Å². The predicted molar refractivity (Wildman–Crippen MR) is 127 cm³/mol. The van der Waals surface area contributed by atoms with Gasteiger partial charge in [-0.05, 0) is 56.9 Å². The van der Waals surface area contributed by atoms with Crippen LogP contribution in [0.25, 0.3) is 0 Å². The molecule has 0 bridgehead atoms. The van der Waals surface area contributed by atoms with Crippen molar-refractivity contribution in [1.82, 2.24) is 10.2 Å². The number of hydrogen-bond donors (Lipinski definition) is 3. The number of nitrogens with zero attached hydrogens (tertiary/aromatic N) is 2. The summed E-state index contributed by atoms with van der Waals surface area (Å²) >= 11 is 6.21. The van der Waals surface area contributed by atoms with Gasteiger partial charge in [0.25, 0.3) is 5.92 Å². The molecule has 8 heteroatoms. The molecule has 2 aliphatic heterocycles. The van der Waals surface area contributed by atoms with Crippen LogP contribution in [0.5, 0.6) is 0 Å². The van der Waals surface area contributed by atoms with E-state index in [1.54, 1.807) is 0 Å². The van der Waals surface area contributed by atoms with Crippen LogP contribution < -0.4 is 11.1 Å². The van der Waals surface area contributed by atoms with Crippen molar-refractivity contribution in [1.29, 1.82) is 0 Å². The molecule has 1 saturated carbocycles. The summed E-state index contributed by atoms with van der Waals surface area (Å²) in [6.07, 6.45) is 13.0. The molecular formula is C25H35ClF2N4O. The first kappa shape index (κ1) is 23.3. The molecule has 5 aliphatic rings. The number of aliphatic hydroxyl groups is 1. The second-order valence-electron chi connectivity index (χ2n) is 10.7. The zero-order chi connectivity index (χ0) is 23.3. The highest BCUT2D eigenvalue weighted by atomic mass is 35.5. The van der Waals surface area contributed by atoms with Gasteiger partial charge in [-0.2, -0.15) is 0 Å². The number of nitrogens with one attached hydrogen (secondary N) is 1. The normalized spacial score (nSPS) is 40.4. The van der Waals surface area contributed by atoms with E-state index in [4.69, 9.17) is 22.3 Å². The lowest BCUT2D eigenvalue weighted by molar-refractivity contribution is -0.0917. The number of likely N-dealkylation sites (tertiary alicyclic amines) is 1. The van der Waals surface area contributed by atoms with Crippen molar-refractivity contribution in [3.63, 3.8) is 0 Å². The van der Waals surface area contributed by atoms with Gasteiger partial charge in [0.15, 0.2) is 0 Å². The molecule has 0 aromatic carbocycles. The molecule has 0 amide bonds. The van der Waals surface area contributed by atoms with Crippen molar-refractivity contribution < 1.29 is 13.9 Å². The molecule has 5 nitrogen and oxygen atoms in total. The Bertz CT molecular complexity index is 895. The van der Waals surface area contributed by atoms with Crippen LogP contribution in [0.4, 0.5) is 8.78 Å². The van der Waals surface area contributed by atoms with Gasteiger partial charge in [0.2, 0.25) is 0 Å². The number of allylic oxidation sites excluding steroid dienone is 4. The maximum absolute atomic E-state index is 14.2. The van der Waals surface area contributed by atoms with Gasteiger partial charge in [0.1, 0.15) is 11.4 Å². The maximum Gasteiger partial charge on any atom is 0.250 e. The van der Waals surface area contributed by atoms with Crippen LogP contribution in [0.1, 0.15) is 57.8 Å². The Kier molecular flexibility index (Phi) is 6.11. The number of aliphatic imine (C=N–C) groups is 1. The lowest BCUT2D eigenvalue weighted by Crippen LogP contribution is -2.83. The maximum atomic E-state index is 14.2. The number of halogens is 3. The fraction of sp³-hybridized carbons (Fsp3) is 0.720. The van der Waals surface area contributed by atoms with Gasteiger partial charge < -0.3 is 21.1 Å². The van der Waals surface area contributed by atoms with Crippen LogP contribution in [-0.2, 0) is 0 Å². The minimum atomic E-state index is -2.72. The SMILES string of the molecule is NC1=CC(CN2CCC(N=C3N[C@]4(CCC(F)(F)C4)[C@@]3(O)C3CC=CCC3)CC2)CC(Cl)=C1. The summed E-state index contributed by atoms with van der Waals surface area (Å²) in [5.41, 5.74) is 4.47. The van der Waals surface area contributed by atoms with E-state index in [1.807, 2.05) is 6.08 Å². The highest BCUT2D eigenvalue weighted by Crippen LogP contribution is 2.55. The smallest absolute Gasteiger partial charge is 0.250 e. The molecule has 2 unspecified atom stereocenters. The third kappa shape index (κ3) is 4.37. The Morgan fingerprint density at radius 3 is 2.64 bits per heavy atom. The van der Waals surface area contributed by atoms with E-state index in [1.165, 1.54) is 0 Å². The second-order valence-corrected chi connectivity index (χ2v) is 11.2. The van der Waals surface area contributed by atoms with Gasteiger partial charge in [-0.1, -0.05) is 29.8 Å². The summed E-state index contributed by atoms with van der Waals surface area (Å²) in [6, 6.07) is 0.101. The average molecular weight is 481 g/mol. The van der Waals surface area contributed by atoms with Crippen molar-refractivity contribution >= 4 is 17.4 Å². The Hall–Kier alpha value is -1.44.